The first-order valence-corrected chi connectivity index (χ1v) is 3.61. The fraction of sp³-hybridized carbons (Fsp3) is 0.571. The molecule has 1 aliphatic carbocycles. The molecule has 0 aromatic carbocycles. The van der Waals surface area contributed by atoms with Crippen molar-refractivity contribution < 1.29 is 0 Å². The molecule has 0 saturated carbocycles. The van der Waals surface area contributed by atoms with Crippen LogP contribution in [0.4, 0.5) is 0 Å². The van der Waals surface area contributed by atoms with Gasteiger partial charge in [-0.1, -0.05) is 6.08 Å². The van der Waals surface area contributed by atoms with Gasteiger partial charge in [0.05, 0.1) is 0 Å². The van der Waals surface area contributed by atoms with Crippen LogP contribution in [0.5, 0.6) is 0 Å². The van der Waals surface area contributed by atoms with Crippen LogP contribution in [0.2, 0.25) is 0 Å². The van der Waals surface area contributed by atoms with Crippen LogP contribution in [-0.4, -0.2) is 6.34 Å². The van der Waals surface area contributed by atoms with Gasteiger partial charge in [-0.2, -0.15) is 0 Å². The first kappa shape index (κ1) is 7.28. The Bertz CT molecular complexity index is 149. The predicted octanol–water partition coefficient (Wildman–Crippen LogP) is 0.936. The lowest BCUT2D eigenvalue weighted by Crippen LogP contribution is -2.19. The number of hydrogen-bond acceptors (Lipinski definition) is 2. The molecule has 0 aromatic heterocycles. The molecule has 56 valence electrons. The largest absolute Gasteiger partial charge is 0.315 e. The molecule has 0 unspecified atom stereocenters. The molecule has 0 aromatic rings. The molecule has 0 fully saturated rings. The Balaban J connectivity index is 2.38. The molecule has 0 saturated heterocycles. The Labute approximate surface area is 61.0 Å². The second kappa shape index (κ2) is 4.06. The van der Waals surface area contributed by atoms with Gasteiger partial charge in [-0.3, -0.25) is 0 Å². The molecular formula is C7H13N3. The molecule has 0 spiro atoms. The number of nitrogens with two attached hydrogens (primary N) is 1. The Kier molecular flexibility index (Phi) is 2.96. The molecule has 0 amide bonds. The lowest BCUT2D eigenvalue weighted by Gasteiger charge is -2.06. The van der Waals surface area contributed by atoms with Crippen molar-refractivity contribution in [3.8, 4) is 0 Å². The van der Waals surface area contributed by atoms with E-state index in [1.807, 2.05) is 0 Å². The second-order valence-electron chi connectivity index (χ2n) is 2.37. The first-order chi connectivity index (χ1) is 4.93. The summed E-state index contributed by atoms with van der Waals surface area (Å²) < 4.78 is 0. The van der Waals surface area contributed by atoms with Gasteiger partial charge in [-0.15, -0.1) is 0 Å². The van der Waals surface area contributed by atoms with Gasteiger partial charge in [0, 0.05) is 5.70 Å². The highest BCUT2D eigenvalue weighted by atomic mass is 15.2. The van der Waals surface area contributed by atoms with Crippen LogP contribution in [0.1, 0.15) is 25.7 Å². The summed E-state index contributed by atoms with van der Waals surface area (Å²) in [6, 6.07) is 0. The molecule has 3 heteroatoms. The van der Waals surface area contributed by atoms with Gasteiger partial charge in [0.1, 0.15) is 6.34 Å². The van der Waals surface area contributed by atoms with E-state index in [1.165, 1.54) is 19.2 Å². The normalized spacial score (nSPS) is 19.1. The van der Waals surface area contributed by atoms with Crippen molar-refractivity contribution >= 4 is 6.34 Å². The number of hydrazine groups is 1. The van der Waals surface area contributed by atoms with Crippen LogP contribution in [-0.2, 0) is 0 Å². The number of rotatable bonds is 2. The van der Waals surface area contributed by atoms with E-state index in [4.69, 9.17) is 5.84 Å². The van der Waals surface area contributed by atoms with Crippen molar-refractivity contribution in [3.05, 3.63) is 11.8 Å². The number of nitrogens with zero attached hydrogens (tertiary/aromatic N) is 1. The first-order valence-electron chi connectivity index (χ1n) is 3.61. The quantitative estimate of drug-likeness (QED) is 0.259. The average Bonchev–Trinajstić information content (AvgIpc) is 2.03. The van der Waals surface area contributed by atoms with E-state index in [1.54, 1.807) is 0 Å². The van der Waals surface area contributed by atoms with E-state index in [9.17, 15) is 0 Å². The standard InChI is InChI=1S/C7H13N3/c8-10-6-9-7-4-2-1-3-5-7/h4,6H,1-3,5,8H2,(H,9,10). The summed E-state index contributed by atoms with van der Waals surface area (Å²) in [4.78, 5) is 4.10. The third-order valence-electron chi connectivity index (χ3n) is 1.57. The van der Waals surface area contributed by atoms with Gasteiger partial charge >= 0.3 is 0 Å². The smallest absolute Gasteiger partial charge is 0.102 e. The zero-order valence-electron chi connectivity index (χ0n) is 6.01. The van der Waals surface area contributed by atoms with Crippen molar-refractivity contribution in [1.29, 1.82) is 0 Å². The number of aliphatic imine (C=N–C) groups is 1. The van der Waals surface area contributed by atoms with Crippen LogP contribution in [0.3, 0.4) is 0 Å². The van der Waals surface area contributed by atoms with Crippen molar-refractivity contribution in [2.24, 2.45) is 10.8 Å². The molecule has 1 rings (SSSR count). The maximum atomic E-state index is 5.02. The second-order valence-corrected chi connectivity index (χ2v) is 2.37. The molecule has 0 aliphatic heterocycles. The lowest BCUT2D eigenvalue weighted by molar-refractivity contribution is 0.696. The highest BCUT2D eigenvalue weighted by Gasteiger charge is 1.99. The summed E-state index contributed by atoms with van der Waals surface area (Å²) in [6.07, 6.45) is 8.51. The van der Waals surface area contributed by atoms with Gasteiger partial charge in [0.2, 0.25) is 0 Å². The Hall–Kier alpha value is -0.830. The highest BCUT2D eigenvalue weighted by Crippen LogP contribution is 2.17. The molecule has 0 radical (unpaired) electrons. The monoisotopic (exact) mass is 139 g/mol. The third-order valence-corrected chi connectivity index (χ3v) is 1.57. The molecule has 0 heterocycles. The molecule has 0 bridgehead atoms. The van der Waals surface area contributed by atoms with Gasteiger partial charge < -0.3 is 5.43 Å². The third kappa shape index (κ3) is 2.19. The van der Waals surface area contributed by atoms with Crippen molar-refractivity contribution in [2.75, 3.05) is 0 Å². The lowest BCUT2D eigenvalue weighted by atomic mass is 10.1. The molecular weight excluding hydrogens is 126 g/mol. The number of hydrogen-bond donors (Lipinski definition) is 2. The summed E-state index contributed by atoms with van der Waals surface area (Å²) in [5.41, 5.74) is 3.54. The SMILES string of the molecule is NNC=NC1=CCCCC1. The van der Waals surface area contributed by atoms with E-state index < -0.39 is 0 Å². The molecule has 10 heavy (non-hydrogen) atoms. The molecule has 3 nitrogen and oxygen atoms in total. The van der Waals surface area contributed by atoms with Crippen molar-refractivity contribution in [2.45, 2.75) is 25.7 Å². The summed E-state index contributed by atoms with van der Waals surface area (Å²) in [6.45, 7) is 0. The maximum absolute atomic E-state index is 5.02. The topological polar surface area (TPSA) is 50.4 Å². The van der Waals surface area contributed by atoms with E-state index >= 15 is 0 Å². The number of allylic oxidation sites excluding steroid dienone is 2. The van der Waals surface area contributed by atoms with Gasteiger partial charge in [0.15, 0.2) is 0 Å². The fourth-order valence-electron chi connectivity index (χ4n) is 1.06. The van der Waals surface area contributed by atoms with Crippen LogP contribution in [0.15, 0.2) is 16.8 Å². The van der Waals surface area contributed by atoms with Crippen molar-refractivity contribution in [1.82, 2.24) is 5.43 Å². The molecule has 1 aliphatic rings. The van der Waals surface area contributed by atoms with E-state index in [0.717, 1.165) is 18.5 Å². The Morgan fingerprint density at radius 3 is 3.10 bits per heavy atom. The van der Waals surface area contributed by atoms with Gasteiger partial charge in [-0.05, 0) is 25.7 Å². The van der Waals surface area contributed by atoms with E-state index in [-0.39, 0.29) is 0 Å². The van der Waals surface area contributed by atoms with Gasteiger partial charge in [-0.25, -0.2) is 10.8 Å². The summed E-state index contributed by atoms with van der Waals surface area (Å²) >= 11 is 0. The maximum Gasteiger partial charge on any atom is 0.102 e. The van der Waals surface area contributed by atoms with Crippen LogP contribution >= 0.6 is 0 Å². The highest BCUT2D eigenvalue weighted by molar-refractivity contribution is 5.55. The minimum absolute atomic E-state index is 1.10. The minimum Gasteiger partial charge on any atom is -0.315 e. The molecule has 0 atom stereocenters. The molecule has 3 N–H and O–H groups in total. The van der Waals surface area contributed by atoms with Crippen molar-refractivity contribution in [3.63, 3.8) is 0 Å². The predicted molar refractivity (Wildman–Crippen MR) is 42.4 cm³/mol. The van der Waals surface area contributed by atoms with E-state index in [2.05, 4.69) is 16.5 Å². The minimum atomic E-state index is 1.10. The van der Waals surface area contributed by atoms with Crippen LogP contribution in [0, 0.1) is 0 Å². The van der Waals surface area contributed by atoms with Gasteiger partial charge in [0.25, 0.3) is 0 Å². The Morgan fingerprint density at radius 1 is 1.60 bits per heavy atom. The number of nitrogens with one attached hydrogen (secondary N) is 1. The van der Waals surface area contributed by atoms with Crippen LogP contribution in [0.25, 0.3) is 0 Å². The fourth-order valence-corrected chi connectivity index (χ4v) is 1.06. The zero-order valence-corrected chi connectivity index (χ0v) is 6.01. The average molecular weight is 139 g/mol. The van der Waals surface area contributed by atoms with E-state index in [0.29, 0.717) is 0 Å². The summed E-state index contributed by atoms with van der Waals surface area (Å²) in [5, 5.41) is 0. The zero-order chi connectivity index (χ0) is 7.23. The Morgan fingerprint density at radius 2 is 2.50 bits per heavy atom. The van der Waals surface area contributed by atoms with Crippen LogP contribution < -0.4 is 11.3 Å². The summed E-state index contributed by atoms with van der Waals surface area (Å²) in [5.74, 6) is 5.02. The summed E-state index contributed by atoms with van der Waals surface area (Å²) in [7, 11) is 0.